The first kappa shape index (κ1) is 22.0. The summed E-state index contributed by atoms with van der Waals surface area (Å²) >= 11 is 0. The van der Waals surface area contributed by atoms with Crippen LogP contribution < -0.4 is 11.1 Å². The van der Waals surface area contributed by atoms with Gasteiger partial charge in [-0.1, -0.05) is 26.2 Å². The smallest absolute Gasteiger partial charge is 0.240 e. The minimum atomic E-state index is -0.585. The van der Waals surface area contributed by atoms with E-state index in [-0.39, 0.29) is 30.7 Å². The Labute approximate surface area is 147 Å². The summed E-state index contributed by atoms with van der Waals surface area (Å²) in [4.78, 5) is 14.7. The first-order chi connectivity index (χ1) is 9.60. The molecule has 22 heavy (non-hydrogen) atoms. The van der Waals surface area contributed by atoms with Gasteiger partial charge < -0.3 is 16.0 Å². The second kappa shape index (κ2) is 10.7. The second-order valence-corrected chi connectivity index (χ2v) is 6.85. The highest BCUT2D eigenvalue weighted by Gasteiger charge is 2.34. The van der Waals surface area contributed by atoms with Crippen LogP contribution in [0.15, 0.2) is 0 Å². The largest absolute Gasteiger partial charge is 0.354 e. The average molecular weight is 354 g/mol. The third kappa shape index (κ3) is 6.61. The van der Waals surface area contributed by atoms with Gasteiger partial charge in [0.15, 0.2) is 0 Å². The van der Waals surface area contributed by atoms with E-state index in [1.807, 2.05) is 0 Å². The number of carbonyl (C=O) groups excluding carboxylic acids is 1. The predicted molar refractivity (Wildman–Crippen MR) is 97.0 cm³/mol. The number of nitrogens with zero attached hydrogens (tertiary/aromatic N) is 1. The number of piperidine rings is 1. The molecule has 1 heterocycles. The summed E-state index contributed by atoms with van der Waals surface area (Å²) in [6.45, 7) is 6.64. The summed E-state index contributed by atoms with van der Waals surface area (Å²) in [6.07, 6.45) is 8.78. The molecule has 1 aliphatic heterocycles. The van der Waals surface area contributed by atoms with Gasteiger partial charge in [-0.3, -0.25) is 4.79 Å². The molecule has 1 aliphatic carbocycles. The second-order valence-electron chi connectivity index (χ2n) is 6.85. The van der Waals surface area contributed by atoms with Crippen molar-refractivity contribution in [1.29, 1.82) is 0 Å². The van der Waals surface area contributed by atoms with Crippen molar-refractivity contribution < 1.29 is 4.79 Å². The molecule has 132 valence electrons. The lowest BCUT2D eigenvalue weighted by molar-refractivity contribution is -0.127. The molecule has 0 radical (unpaired) electrons. The number of rotatable bonds is 5. The van der Waals surface area contributed by atoms with Crippen LogP contribution in [-0.2, 0) is 4.79 Å². The SMILES string of the molecule is CC1CCN(CCCNC(=O)C2(N)CCCCC2)CC1.Cl.Cl. The summed E-state index contributed by atoms with van der Waals surface area (Å²) in [5, 5.41) is 3.05. The molecule has 4 nitrogen and oxygen atoms in total. The zero-order valence-corrected chi connectivity index (χ0v) is 15.4. The first-order valence-corrected chi connectivity index (χ1v) is 8.40. The number of nitrogens with two attached hydrogens (primary N) is 1. The summed E-state index contributed by atoms with van der Waals surface area (Å²) in [5.41, 5.74) is 5.64. The van der Waals surface area contributed by atoms with E-state index in [1.165, 1.54) is 32.4 Å². The van der Waals surface area contributed by atoms with Crippen LogP contribution in [0.25, 0.3) is 0 Å². The van der Waals surface area contributed by atoms with Gasteiger partial charge in [-0.2, -0.15) is 0 Å². The van der Waals surface area contributed by atoms with Crippen LogP contribution in [0, 0.1) is 5.92 Å². The first-order valence-electron chi connectivity index (χ1n) is 8.40. The van der Waals surface area contributed by atoms with Crippen molar-refractivity contribution in [3.05, 3.63) is 0 Å². The fourth-order valence-electron chi connectivity index (χ4n) is 3.38. The van der Waals surface area contributed by atoms with Crippen molar-refractivity contribution >= 4 is 30.7 Å². The van der Waals surface area contributed by atoms with Crippen LogP contribution in [0.5, 0.6) is 0 Å². The zero-order chi connectivity index (χ0) is 14.4. The lowest BCUT2D eigenvalue weighted by atomic mass is 9.82. The summed E-state index contributed by atoms with van der Waals surface area (Å²) in [7, 11) is 0. The lowest BCUT2D eigenvalue weighted by Gasteiger charge is -2.32. The van der Waals surface area contributed by atoms with Crippen LogP contribution in [0.4, 0.5) is 0 Å². The Balaban J connectivity index is 0.00000220. The van der Waals surface area contributed by atoms with E-state index in [2.05, 4.69) is 17.1 Å². The number of carbonyl (C=O) groups is 1. The number of halogens is 2. The van der Waals surface area contributed by atoms with Crippen molar-refractivity contribution in [3.8, 4) is 0 Å². The zero-order valence-electron chi connectivity index (χ0n) is 13.8. The average Bonchev–Trinajstić information content (AvgIpc) is 2.46. The van der Waals surface area contributed by atoms with Crippen molar-refractivity contribution in [1.82, 2.24) is 10.2 Å². The Morgan fingerprint density at radius 1 is 1.18 bits per heavy atom. The van der Waals surface area contributed by atoms with Gasteiger partial charge in [0.25, 0.3) is 0 Å². The Hall–Kier alpha value is -0.0300. The number of nitrogens with one attached hydrogen (secondary N) is 1. The molecule has 2 aliphatic rings. The molecule has 0 aromatic heterocycles. The van der Waals surface area contributed by atoms with Gasteiger partial charge in [0.1, 0.15) is 0 Å². The Bertz CT molecular complexity index is 315. The molecular weight excluding hydrogens is 321 g/mol. The molecule has 2 fully saturated rings. The highest BCUT2D eigenvalue weighted by Crippen LogP contribution is 2.25. The number of likely N-dealkylation sites (tertiary alicyclic amines) is 1. The topological polar surface area (TPSA) is 58.4 Å². The normalized spacial score (nSPS) is 22.3. The molecule has 0 atom stereocenters. The summed E-state index contributed by atoms with van der Waals surface area (Å²) in [6, 6.07) is 0. The molecular formula is C16H33Cl2N3O. The van der Waals surface area contributed by atoms with Crippen molar-refractivity contribution in [2.24, 2.45) is 11.7 Å². The summed E-state index contributed by atoms with van der Waals surface area (Å²) in [5.74, 6) is 0.957. The van der Waals surface area contributed by atoms with Crippen molar-refractivity contribution in [2.75, 3.05) is 26.2 Å². The van der Waals surface area contributed by atoms with E-state index in [0.29, 0.717) is 0 Å². The molecule has 0 unspecified atom stereocenters. The third-order valence-electron chi connectivity index (χ3n) is 5.01. The molecule has 0 aromatic rings. The highest BCUT2D eigenvalue weighted by molar-refractivity contribution is 5.86. The molecule has 3 N–H and O–H groups in total. The number of amides is 1. The van der Waals surface area contributed by atoms with E-state index in [4.69, 9.17) is 5.73 Å². The van der Waals surface area contributed by atoms with Crippen LogP contribution in [0.2, 0.25) is 0 Å². The number of hydrogen-bond donors (Lipinski definition) is 2. The quantitative estimate of drug-likeness (QED) is 0.747. The van der Waals surface area contributed by atoms with Crippen LogP contribution in [0.3, 0.4) is 0 Å². The molecule has 1 saturated carbocycles. The van der Waals surface area contributed by atoms with Gasteiger partial charge in [0, 0.05) is 6.54 Å². The maximum atomic E-state index is 12.2. The Kier molecular flexibility index (Phi) is 10.7. The summed E-state index contributed by atoms with van der Waals surface area (Å²) < 4.78 is 0. The van der Waals surface area contributed by atoms with Crippen molar-refractivity contribution in [2.45, 2.75) is 63.8 Å². The van der Waals surface area contributed by atoms with Crippen LogP contribution >= 0.6 is 24.8 Å². The lowest BCUT2D eigenvalue weighted by Crippen LogP contribution is -2.55. The highest BCUT2D eigenvalue weighted by atomic mass is 35.5. The molecule has 2 rings (SSSR count). The predicted octanol–water partition coefficient (Wildman–Crippen LogP) is 2.73. The fourth-order valence-corrected chi connectivity index (χ4v) is 3.38. The van der Waals surface area contributed by atoms with E-state index in [0.717, 1.165) is 51.1 Å². The molecule has 0 aromatic carbocycles. The van der Waals surface area contributed by atoms with Gasteiger partial charge in [-0.25, -0.2) is 0 Å². The molecule has 1 amide bonds. The Morgan fingerprint density at radius 3 is 2.36 bits per heavy atom. The number of hydrogen-bond acceptors (Lipinski definition) is 3. The van der Waals surface area contributed by atoms with Gasteiger partial charge >= 0.3 is 0 Å². The standard InChI is InChI=1S/C16H31N3O.2ClH/c1-14-6-12-19(13-7-14)11-5-10-18-15(20)16(17)8-3-2-4-9-16;;/h14H,2-13,17H2,1H3,(H,18,20);2*1H. The van der Waals surface area contributed by atoms with E-state index < -0.39 is 5.54 Å². The van der Waals surface area contributed by atoms with Gasteiger partial charge in [-0.15, -0.1) is 24.8 Å². The minimum absolute atomic E-state index is 0. The van der Waals surface area contributed by atoms with Crippen LogP contribution in [-0.4, -0.2) is 42.5 Å². The Morgan fingerprint density at radius 2 is 1.77 bits per heavy atom. The maximum Gasteiger partial charge on any atom is 0.240 e. The van der Waals surface area contributed by atoms with Crippen molar-refractivity contribution in [3.63, 3.8) is 0 Å². The molecule has 0 bridgehead atoms. The third-order valence-corrected chi connectivity index (χ3v) is 5.01. The fraction of sp³-hybridized carbons (Fsp3) is 0.938. The molecule has 1 saturated heterocycles. The molecule has 0 spiro atoms. The monoisotopic (exact) mass is 353 g/mol. The minimum Gasteiger partial charge on any atom is -0.354 e. The van der Waals surface area contributed by atoms with E-state index in [9.17, 15) is 4.79 Å². The van der Waals surface area contributed by atoms with Gasteiger partial charge in [0.05, 0.1) is 5.54 Å². The van der Waals surface area contributed by atoms with E-state index in [1.54, 1.807) is 0 Å². The van der Waals surface area contributed by atoms with Gasteiger partial charge in [0.2, 0.25) is 5.91 Å². The molecule has 6 heteroatoms. The van der Waals surface area contributed by atoms with E-state index >= 15 is 0 Å². The van der Waals surface area contributed by atoms with Gasteiger partial charge in [-0.05, 0) is 57.7 Å². The maximum absolute atomic E-state index is 12.2. The van der Waals surface area contributed by atoms with Crippen LogP contribution in [0.1, 0.15) is 58.3 Å².